The van der Waals surface area contributed by atoms with E-state index in [1.807, 2.05) is 48.5 Å². The zero-order valence-corrected chi connectivity index (χ0v) is 18.7. The minimum Gasteiger partial charge on any atom is -0.486 e. The Bertz CT molecular complexity index is 1180. The number of halogens is 1. The molecule has 4 aromatic rings. The van der Waals surface area contributed by atoms with Crippen LogP contribution in [0, 0.1) is 0 Å². The fourth-order valence-electron chi connectivity index (χ4n) is 3.17. The SMILES string of the molecule is CC(C)c1ccc(OCc2ccc(C(=O)Nc3cnn(Cc4ccc(Cl)cc4)c3)o2)cc1. The quantitative estimate of drug-likeness (QED) is 0.351. The summed E-state index contributed by atoms with van der Waals surface area (Å²) >= 11 is 5.92. The number of anilines is 1. The van der Waals surface area contributed by atoms with Gasteiger partial charge in [-0.1, -0.05) is 49.7 Å². The second-order valence-electron chi connectivity index (χ2n) is 7.79. The first-order chi connectivity index (χ1) is 15.5. The molecule has 32 heavy (non-hydrogen) atoms. The summed E-state index contributed by atoms with van der Waals surface area (Å²) in [5.74, 6) is 1.67. The van der Waals surface area contributed by atoms with Crippen LogP contribution in [0.25, 0.3) is 0 Å². The number of furan rings is 1. The molecule has 0 unspecified atom stereocenters. The highest BCUT2D eigenvalue weighted by Gasteiger charge is 2.13. The second kappa shape index (κ2) is 9.75. The van der Waals surface area contributed by atoms with Gasteiger partial charge >= 0.3 is 0 Å². The van der Waals surface area contributed by atoms with E-state index in [0.717, 1.165) is 11.3 Å². The number of ether oxygens (including phenoxy) is 1. The Kier molecular flexibility index (Phi) is 6.61. The Morgan fingerprint density at radius 2 is 1.84 bits per heavy atom. The summed E-state index contributed by atoms with van der Waals surface area (Å²) in [6.45, 7) is 5.12. The standard InChI is InChI=1S/C25H24ClN3O3/c1-17(2)19-5-9-22(10-6-19)31-16-23-11-12-24(32-23)25(30)28-21-13-27-29(15-21)14-18-3-7-20(26)8-4-18/h3-13,15,17H,14,16H2,1-2H3,(H,28,30). The van der Waals surface area contributed by atoms with Crippen molar-refractivity contribution in [2.75, 3.05) is 5.32 Å². The maximum absolute atomic E-state index is 12.5. The number of carbonyl (C=O) groups is 1. The number of carbonyl (C=O) groups excluding carboxylic acids is 1. The lowest BCUT2D eigenvalue weighted by Gasteiger charge is -2.08. The molecule has 0 bridgehead atoms. The first-order valence-corrected chi connectivity index (χ1v) is 10.7. The van der Waals surface area contributed by atoms with Crippen LogP contribution in [0.5, 0.6) is 5.75 Å². The molecule has 7 heteroatoms. The van der Waals surface area contributed by atoms with Gasteiger partial charge in [-0.05, 0) is 53.4 Å². The molecular weight excluding hydrogens is 426 g/mol. The van der Waals surface area contributed by atoms with Crippen molar-refractivity contribution in [3.63, 3.8) is 0 Å². The molecule has 0 aliphatic carbocycles. The van der Waals surface area contributed by atoms with Gasteiger partial charge in [0.05, 0.1) is 18.4 Å². The summed E-state index contributed by atoms with van der Waals surface area (Å²) in [6.07, 6.45) is 3.36. The van der Waals surface area contributed by atoms with Crippen LogP contribution in [0.15, 0.2) is 77.5 Å². The van der Waals surface area contributed by atoms with Gasteiger partial charge in [-0.3, -0.25) is 9.48 Å². The number of hydrogen-bond acceptors (Lipinski definition) is 4. The van der Waals surface area contributed by atoms with Gasteiger partial charge in [-0.15, -0.1) is 0 Å². The van der Waals surface area contributed by atoms with Crippen LogP contribution < -0.4 is 10.1 Å². The van der Waals surface area contributed by atoms with Gasteiger partial charge in [0.25, 0.3) is 5.91 Å². The highest BCUT2D eigenvalue weighted by Crippen LogP contribution is 2.20. The molecule has 0 atom stereocenters. The lowest BCUT2D eigenvalue weighted by atomic mass is 10.0. The van der Waals surface area contributed by atoms with Crippen LogP contribution in [-0.4, -0.2) is 15.7 Å². The van der Waals surface area contributed by atoms with E-state index in [1.165, 1.54) is 5.56 Å². The van der Waals surface area contributed by atoms with Gasteiger partial charge in [0.2, 0.25) is 0 Å². The minimum atomic E-state index is -0.344. The number of aromatic nitrogens is 2. The number of amides is 1. The molecule has 2 aromatic heterocycles. The van der Waals surface area contributed by atoms with E-state index in [0.29, 0.717) is 28.9 Å². The molecule has 0 spiro atoms. The molecule has 0 fully saturated rings. The van der Waals surface area contributed by atoms with E-state index in [4.69, 9.17) is 20.8 Å². The van der Waals surface area contributed by atoms with E-state index < -0.39 is 0 Å². The highest BCUT2D eigenvalue weighted by atomic mass is 35.5. The number of hydrogen-bond donors (Lipinski definition) is 1. The normalized spacial score (nSPS) is 11.0. The molecule has 1 N–H and O–H groups in total. The zero-order chi connectivity index (χ0) is 22.5. The van der Waals surface area contributed by atoms with Crippen molar-refractivity contribution in [2.45, 2.75) is 32.9 Å². The van der Waals surface area contributed by atoms with Gasteiger partial charge in [0.1, 0.15) is 18.1 Å². The Hall–Kier alpha value is -3.51. The van der Waals surface area contributed by atoms with Gasteiger partial charge < -0.3 is 14.5 Å². The van der Waals surface area contributed by atoms with Crippen molar-refractivity contribution < 1.29 is 13.9 Å². The third kappa shape index (κ3) is 5.59. The van der Waals surface area contributed by atoms with Crippen molar-refractivity contribution in [3.05, 3.63) is 101 Å². The molecule has 0 saturated heterocycles. The molecule has 0 radical (unpaired) electrons. The van der Waals surface area contributed by atoms with Crippen LogP contribution >= 0.6 is 11.6 Å². The Labute approximate surface area is 191 Å². The minimum absolute atomic E-state index is 0.212. The summed E-state index contributed by atoms with van der Waals surface area (Å²) < 4.78 is 13.1. The van der Waals surface area contributed by atoms with Crippen LogP contribution in [0.1, 0.15) is 47.2 Å². The summed E-state index contributed by atoms with van der Waals surface area (Å²) in [6, 6.07) is 18.9. The average molecular weight is 450 g/mol. The lowest BCUT2D eigenvalue weighted by molar-refractivity contribution is 0.0992. The van der Waals surface area contributed by atoms with Gasteiger partial charge in [0, 0.05) is 11.2 Å². The molecule has 0 aliphatic heterocycles. The van der Waals surface area contributed by atoms with Crippen molar-refractivity contribution in [1.82, 2.24) is 9.78 Å². The first kappa shape index (κ1) is 21.7. The van der Waals surface area contributed by atoms with Crippen molar-refractivity contribution in [3.8, 4) is 5.75 Å². The molecular formula is C25H24ClN3O3. The second-order valence-corrected chi connectivity index (χ2v) is 8.22. The summed E-state index contributed by atoms with van der Waals surface area (Å²) in [5, 5.41) is 7.77. The predicted molar refractivity (Wildman–Crippen MR) is 124 cm³/mol. The van der Waals surface area contributed by atoms with Gasteiger partial charge in [-0.2, -0.15) is 5.10 Å². The monoisotopic (exact) mass is 449 g/mol. The third-order valence-electron chi connectivity index (χ3n) is 4.96. The number of nitrogens with zero attached hydrogens (tertiary/aromatic N) is 2. The van der Waals surface area contributed by atoms with Crippen molar-refractivity contribution >= 4 is 23.2 Å². The highest BCUT2D eigenvalue weighted by molar-refractivity contribution is 6.30. The molecule has 1 amide bonds. The molecule has 6 nitrogen and oxygen atoms in total. The number of nitrogens with one attached hydrogen (secondary N) is 1. The van der Waals surface area contributed by atoms with Crippen molar-refractivity contribution in [1.29, 1.82) is 0 Å². The van der Waals surface area contributed by atoms with E-state index in [-0.39, 0.29) is 18.3 Å². The van der Waals surface area contributed by atoms with Gasteiger partial charge in [0.15, 0.2) is 5.76 Å². The molecule has 2 heterocycles. The lowest BCUT2D eigenvalue weighted by Crippen LogP contribution is -2.10. The van der Waals surface area contributed by atoms with Crippen LogP contribution in [0.2, 0.25) is 5.02 Å². The average Bonchev–Trinajstić information content (AvgIpc) is 3.44. The van der Waals surface area contributed by atoms with E-state index in [9.17, 15) is 4.79 Å². The number of benzene rings is 2. The summed E-state index contributed by atoms with van der Waals surface area (Å²) in [5.41, 5.74) is 2.90. The molecule has 0 saturated carbocycles. The third-order valence-corrected chi connectivity index (χ3v) is 5.21. The predicted octanol–water partition coefficient (Wildman–Crippen LogP) is 6.13. The maximum atomic E-state index is 12.5. The van der Waals surface area contributed by atoms with Crippen molar-refractivity contribution in [2.24, 2.45) is 0 Å². The van der Waals surface area contributed by atoms with Crippen LogP contribution in [-0.2, 0) is 13.2 Å². The first-order valence-electron chi connectivity index (χ1n) is 10.4. The topological polar surface area (TPSA) is 69.3 Å². The summed E-state index contributed by atoms with van der Waals surface area (Å²) in [7, 11) is 0. The fourth-order valence-corrected chi connectivity index (χ4v) is 3.29. The van der Waals surface area contributed by atoms with E-state index in [2.05, 4.69) is 24.3 Å². The molecule has 4 rings (SSSR count). The fraction of sp³-hybridized carbons (Fsp3) is 0.200. The van der Waals surface area contributed by atoms with E-state index in [1.54, 1.807) is 29.2 Å². The Morgan fingerprint density at radius 3 is 2.56 bits per heavy atom. The van der Waals surface area contributed by atoms with E-state index >= 15 is 0 Å². The molecule has 2 aromatic carbocycles. The van der Waals surface area contributed by atoms with Crippen LogP contribution in [0.4, 0.5) is 5.69 Å². The Balaban J connectivity index is 1.31. The molecule has 0 aliphatic rings. The summed E-state index contributed by atoms with van der Waals surface area (Å²) in [4.78, 5) is 12.5. The number of rotatable bonds is 8. The smallest absolute Gasteiger partial charge is 0.291 e. The zero-order valence-electron chi connectivity index (χ0n) is 17.9. The van der Waals surface area contributed by atoms with Gasteiger partial charge in [-0.25, -0.2) is 0 Å². The maximum Gasteiger partial charge on any atom is 0.291 e. The largest absolute Gasteiger partial charge is 0.486 e. The molecule has 164 valence electrons. The van der Waals surface area contributed by atoms with Crippen LogP contribution in [0.3, 0.4) is 0 Å². The Morgan fingerprint density at radius 1 is 1.09 bits per heavy atom.